The molecule has 0 radical (unpaired) electrons. The molecule has 0 aliphatic heterocycles. The van der Waals surface area contributed by atoms with Gasteiger partial charge in [0, 0.05) is 18.1 Å². The molecule has 2 rings (SSSR count). The van der Waals surface area contributed by atoms with Crippen molar-refractivity contribution in [3.8, 4) is 0 Å². The maximum atomic E-state index is 11.0. The molecule has 0 aromatic carbocycles. The van der Waals surface area contributed by atoms with Gasteiger partial charge in [0.05, 0.1) is 5.69 Å². The predicted octanol–water partition coefficient (Wildman–Crippen LogP) is 0.884. The number of fused-ring (bicyclic) bond motifs is 1. The van der Waals surface area contributed by atoms with Gasteiger partial charge in [-0.25, -0.2) is 0 Å². The van der Waals surface area contributed by atoms with Crippen LogP contribution in [0.5, 0.6) is 0 Å². The van der Waals surface area contributed by atoms with Gasteiger partial charge in [-0.1, -0.05) is 0 Å². The summed E-state index contributed by atoms with van der Waals surface area (Å²) >= 11 is 0. The Balaban J connectivity index is 2.42. The van der Waals surface area contributed by atoms with Crippen LogP contribution in [-0.2, 0) is 4.74 Å². The molecule has 0 aliphatic rings. The summed E-state index contributed by atoms with van der Waals surface area (Å²) < 4.78 is 5.02. The Hall–Kier alpha value is -1.59. The second kappa shape index (κ2) is 3.88. The van der Waals surface area contributed by atoms with Crippen molar-refractivity contribution in [2.24, 2.45) is 0 Å². The molecular weight excluding hydrogens is 196 g/mol. The molecule has 2 aromatic rings. The van der Waals surface area contributed by atoms with Crippen LogP contribution in [-0.4, -0.2) is 21.7 Å². The topological polar surface area (TPSA) is 78.1 Å². The molecule has 0 aliphatic carbocycles. The van der Waals surface area contributed by atoms with Gasteiger partial charge in [-0.15, -0.1) is 0 Å². The highest BCUT2D eigenvalue weighted by Gasteiger charge is 2.10. The quantitative estimate of drug-likeness (QED) is 0.655. The van der Waals surface area contributed by atoms with Crippen molar-refractivity contribution in [2.75, 3.05) is 6.61 Å². The van der Waals surface area contributed by atoms with Crippen LogP contribution < -0.4 is 5.56 Å². The third-order valence-electron chi connectivity index (χ3n) is 2.12. The van der Waals surface area contributed by atoms with E-state index in [2.05, 4.69) is 9.97 Å². The number of aromatic amines is 2. The van der Waals surface area contributed by atoms with Gasteiger partial charge in [-0.2, -0.15) is 0 Å². The molecule has 80 valence electrons. The Labute approximate surface area is 85.7 Å². The lowest BCUT2D eigenvalue weighted by Crippen LogP contribution is -2.03. The van der Waals surface area contributed by atoms with Gasteiger partial charge in [-0.3, -0.25) is 4.79 Å². The van der Waals surface area contributed by atoms with Gasteiger partial charge in [0.15, 0.2) is 6.29 Å². The minimum absolute atomic E-state index is 0.179. The molecule has 5 heteroatoms. The standard InChI is InChI=1S/C10H12N2O3/c1-2-15-10(14)7-5-6-3-4-8(13)12-9(6)11-7/h3-5,10,14H,2H2,1H3,(H2,11,12,13). The Bertz CT molecular complexity index is 515. The first-order valence-corrected chi connectivity index (χ1v) is 4.72. The molecule has 0 fully saturated rings. The van der Waals surface area contributed by atoms with Crippen LogP contribution in [0.4, 0.5) is 0 Å². The van der Waals surface area contributed by atoms with Gasteiger partial charge < -0.3 is 19.8 Å². The Morgan fingerprint density at radius 2 is 2.27 bits per heavy atom. The summed E-state index contributed by atoms with van der Waals surface area (Å²) in [6, 6.07) is 4.87. The number of pyridine rings is 1. The summed E-state index contributed by atoms with van der Waals surface area (Å²) in [7, 11) is 0. The van der Waals surface area contributed by atoms with Crippen molar-refractivity contribution in [1.29, 1.82) is 0 Å². The van der Waals surface area contributed by atoms with Gasteiger partial charge in [0.1, 0.15) is 5.65 Å². The van der Waals surface area contributed by atoms with Crippen LogP contribution in [0.1, 0.15) is 18.9 Å². The number of hydrogen-bond donors (Lipinski definition) is 3. The van der Waals surface area contributed by atoms with Crippen LogP contribution in [0.25, 0.3) is 11.0 Å². The average molecular weight is 208 g/mol. The third kappa shape index (κ3) is 1.93. The fourth-order valence-corrected chi connectivity index (χ4v) is 1.44. The zero-order valence-electron chi connectivity index (χ0n) is 8.28. The van der Waals surface area contributed by atoms with Crippen molar-refractivity contribution in [2.45, 2.75) is 13.2 Å². The molecule has 3 N–H and O–H groups in total. The van der Waals surface area contributed by atoms with Gasteiger partial charge in [0.2, 0.25) is 5.56 Å². The first-order chi connectivity index (χ1) is 7.20. The molecule has 0 saturated carbocycles. The van der Waals surface area contributed by atoms with Gasteiger partial charge in [0.25, 0.3) is 0 Å². The van der Waals surface area contributed by atoms with Crippen molar-refractivity contribution in [1.82, 2.24) is 9.97 Å². The van der Waals surface area contributed by atoms with E-state index < -0.39 is 6.29 Å². The summed E-state index contributed by atoms with van der Waals surface area (Å²) in [5.41, 5.74) is 0.951. The summed E-state index contributed by atoms with van der Waals surface area (Å²) in [4.78, 5) is 16.5. The van der Waals surface area contributed by atoms with Crippen LogP contribution in [0, 0.1) is 0 Å². The first kappa shape index (κ1) is 9.95. The second-order valence-electron chi connectivity index (χ2n) is 3.19. The lowest BCUT2D eigenvalue weighted by molar-refractivity contribution is -0.100. The lowest BCUT2D eigenvalue weighted by atomic mass is 10.3. The van der Waals surface area contributed by atoms with E-state index in [0.29, 0.717) is 17.9 Å². The highest BCUT2D eigenvalue weighted by Crippen LogP contribution is 2.18. The molecule has 2 heterocycles. The maximum absolute atomic E-state index is 11.0. The summed E-state index contributed by atoms with van der Waals surface area (Å²) in [5, 5.41) is 10.4. The minimum Gasteiger partial charge on any atom is -0.363 e. The van der Waals surface area contributed by atoms with E-state index in [1.807, 2.05) is 0 Å². The van der Waals surface area contributed by atoms with E-state index in [1.165, 1.54) is 6.07 Å². The van der Waals surface area contributed by atoms with E-state index in [0.717, 1.165) is 5.39 Å². The number of H-pyrrole nitrogens is 2. The largest absolute Gasteiger partial charge is 0.363 e. The zero-order chi connectivity index (χ0) is 10.8. The van der Waals surface area contributed by atoms with E-state index in [1.54, 1.807) is 19.1 Å². The number of hydrogen-bond acceptors (Lipinski definition) is 3. The number of aromatic nitrogens is 2. The number of nitrogens with one attached hydrogen (secondary N) is 2. The summed E-state index contributed by atoms with van der Waals surface area (Å²) in [6.45, 7) is 2.22. The van der Waals surface area contributed by atoms with E-state index in [-0.39, 0.29) is 5.56 Å². The molecule has 1 atom stereocenters. The number of rotatable bonds is 3. The predicted molar refractivity (Wildman–Crippen MR) is 55.5 cm³/mol. The molecule has 0 spiro atoms. The molecule has 15 heavy (non-hydrogen) atoms. The molecule has 5 nitrogen and oxygen atoms in total. The Morgan fingerprint density at radius 3 is 3.00 bits per heavy atom. The highest BCUT2D eigenvalue weighted by atomic mass is 16.6. The van der Waals surface area contributed by atoms with Crippen LogP contribution in [0.3, 0.4) is 0 Å². The number of aliphatic hydroxyl groups excluding tert-OH is 1. The monoisotopic (exact) mass is 208 g/mol. The van der Waals surface area contributed by atoms with Crippen molar-refractivity contribution >= 4 is 11.0 Å². The first-order valence-electron chi connectivity index (χ1n) is 4.72. The van der Waals surface area contributed by atoms with Gasteiger partial charge in [-0.05, 0) is 19.1 Å². The molecule has 0 bridgehead atoms. The average Bonchev–Trinajstić information content (AvgIpc) is 2.60. The fraction of sp³-hybridized carbons (Fsp3) is 0.300. The van der Waals surface area contributed by atoms with E-state index in [9.17, 15) is 9.90 Å². The van der Waals surface area contributed by atoms with E-state index >= 15 is 0 Å². The molecule has 0 saturated heterocycles. The SMILES string of the molecule is CCOC(O)c1cc2ccc(=O)[nH]c2[nH]1. The maximum Gasteiger partial charge on any atom is 0.249 e. The summed E-state index contributed by atoms with van der Waals surface area (Å²) in [5.74, 6) is 0. The van der Waals surface area contributed by atoms with Crippen molar-refractivity contribution in [3.05, 3.63) is 34.2 Å². The molecule has 1 unspecified atom stereocenters. The number of ether oxygens (including phenoxy) is 1. The Morgan fingerprint density at radius 1 is 1.47 bits per heavy atom. The lowest BCUT2D eigenvalue weighted by Gasteiger charge is -2.06. The normalized spacial score (nSPS) is 13.2. The van der Waals surface area contributed by atoms with E-state index in [4.69, 9.17) is 4.74 Å². The van der Waals surface area contributed by atoms with Crippen LogP contribution >= 0.6 is 0 Å². The van der Waals surface area contributed by atoms with Crippen molar-refractivity contribution in [3.63, 3.8) is 0 Å². The number of aliphatic hydroxyl groups is 1. The van der Waals surface area contributed by atoms with Crippen LogP contribution in [0.2, 0.25) is 0 Å². The van der Waals surface area contributed by atoms with Gasteiger partial charge >= 0.3 is 0 Å². The summed E-state index contributed by atoms with van der Waals surface area (Å²) in [6.07, 6.45) is -0.981. The van der Waals surface area contributed by atoms with Crippen LogP contribution in [0.15, 0.2) is 23.0 Å². The molecule has 0 amide bonds. The molecular formula is C10H12N2O3. The minimum atomic E-state index is -0.981. The molecule has 2 aromatic heterocycles. The highest BCUT2D eigenvalue weighted by molar-refractivity contribution is 5.76. The smallest absolute Gasteiger partial charge is 0.249 e. The van der Waals surface area contributed by atoms with Crippen molar-refractivity contribution < 1.29 is 9.84 Å². The second-order valence-corrected chi connectivity index (χ2v) is 3.19. The third-order valence-corrected chi connectivity index (χ3v) is 2.12. The fourth-order valence-electron chi connectivity index (χ4n) is 1.44. The Kier molecular flexibility index (Phi) is 2.57. The zero-order valence-corrected chi connectivity index (χ0v) is 8.28.